The van der Waals surface area contributed by atoms with E-state index in [2.05, 4.69) is 15.3 Å². The minimum atomic E-state index is -0.239. The number of benzene rings is 2. The summed E-state index contributed by atoms with van der Waals surface area (Å²) >= 11 is 0. The van der Waals surface area contributed by atoms with Crippen molar-refractivity contribution in [1.29, 1.82) is 0 Å². The predicted molar refractivity (Wildman–Crippen MR) is 114 cm³/mol. The van der Waals surface area contributed by atoms with Gasteiger partial charge >= 0.3 is 0 Å². The second-order valence-electron chi connectivity index (χ2n) is 6.78. The van der Waals surface area contributed by atoms with E-state index in [1.807, 2.05) is 30.3 Å². The molecule has 4 rings (SSSR count). The van der Waals surface area contributed by atoms with Gasteiger partial charge in [0.05, 0.1) is 7.11 Å². The van der Waals surface area contributed by atoms with Gasteiger partial charge < -0.3 is 10.1 Å². The molecule has 0 atom stereocenters. The lowest BCUT2D eigenvalue weighted by molar-refractivity contribution is 0.0951. The maximum atomic E-state index is 12.7. The van der Waals surface area contributed by atoms with Crippen LogP contribution in [0.2, 0.25) is 0 Å². The van der Waals surface area contributed by atoms with E-state index in [1.54, 1.807) is 50.7 Å². The number of nitrogens with zero attached hydrogens (tertiary/aromatic N) is 3. The van der Waals surface area contributed by atoms with Gasteiger partial charge in [0, 0.05) is 30.9 Å². The number of methoxy groups -OCH3 is 1. The first-order valence-electron chi connectivity index (χ1n) is 9.40. The first-order valence-corrected chi connectivity index (χ1v) is 9.40. The zero-order chi connectivity index (χ0) is 21.1. The first-order chi connectivity index (χ1) is 14.6. The van der Waals surface area contributed by atoms with Gasteiger partial charge in [0.1, 0.15) is 17.0 Å². The van der Waals surface area contributed by atoms with E-state index in [0.29, 0.717) is 34.5 Å². The molecule has 0 aliphatic heterocycles. The highest BCUT2D eigenvalue weighted by atomic mass is 16.5. The summed E-state index contributed by atoms with van der Waals surface area (Å²) in [6.07, 6.45) is 1.63. The summed E-state index contributed by atoms with van der Waals surface area (Å²) in [4.78, 5) is 33.8. The van der Waals surface area contributed by atoms with Crippen LogP contribution in [-0.2, 0) is 13.6 Å². The van der Waals surface area contributed by atoms with E-state index in [9.17, 15) is 9.59 Å². The topological polar surface area (TPSA) is 86.1 Å². The molecule has 0 radical (unpaired) electrons. The van der Waals surface area contributed by atoms with Gasteiger partial charge in [-0.3, -0.25) is 14.2 Å². The highest BCUT2D eigenvalue weighted by Gasteiger charge is 2.12. The standard InChI is InChI=1S/C23H20N4O3/c1-27-21-19(7-4-12-24-21)26-20(23(27)29)16-8-10-17(11-9-16)22(28)25-14-15-5-3-6-18(13-15)30-2/h3-13H,14H2,1-2H3,(H,25,28). The van der Waals surface area contributed by atoms with Crippen LogP contribution < -0.4 is 15.6 Å². The Balaban J connectivity index is 1.54. The molecular formula is C23H20N4O3. The average Bonchev–Trinajstić information content (AvgIpc) is 2.80. The molecule has 0 fully saturated rings. The zero-order valence-electron chi connectivity index (χ0n) is 16.6. The summed E-state index contributed by atoms with van der Waals surface area (Å²) in [5.41, 5.74) is 3.33. The monoisotopic (exact) mass is 400 g/mol. The van der Waals surface area contributed by atoms with Gasteiger partial charge in [-0.1, -0.05) is 24.3 Å². The average molecular weight is 400 g/mol. The summed E-state index contributed by atoms with van der Waals surface area (Å²) in [5, 5.41) is 2.89. The summed E-state index contributed by atoms with van der Waals surface area (Å²) in [6, 6.07) is 17.9. The highest BCUT2D eigenvalue weighted by molar-refractivity contribution is 5.94. The van der Waals surface area contributed by atoms with Crippen molar-refractivity contribution in [2.24, 2.45) is 7.05 Å². The number of fused-ring (bicyclic) bond motifs is 1. The van der Waals surface area contributed by atoms with Gasteiger partial charge in [-0.05, 0) is 42.0 Å². The van der Waals surface area contributed by atoms with Crippen LogP contribution in [-0.4, -0.2) is 27.6 Å². The van der Waals surface area contributed by atoms with Crippen molar-refractivity contribution in [2.75, 3.05) is 7.11 Å². The lowest BCUT2D eigenvalue weighted by atomic mass is 10.1. The van der Waals surface area contributed by atoms with Gasteiger partial charge in [0.2, 0.25) is 0 Å². The molecule has 30 heavy (non-hydrogen) atoms. The molecule has 7 nitrogen and oxygen atoms in total. The number of pyridine rings is 1. The highest BCUT2D eigenvalue weighted by Crippen LogP contribution is 2.17. The molecule has 0 aliphatic rings. The molecule has 0 unspecified atom stereocenters. The van der Waals surface area contributed by atoms with Crippen molar-refractivity contribution < 1.29 is 9.53 Å². The zero-order valence-corrected chi connectivity index (χ0v) is 16.6. The minimum absolute atomic E-state index is 0.201. The number of carbonyl (C=O) groups excluding carboxylic acids is 1. The van der Waals surface area contributed by atoms with Gasteiger partial charge in [0.25, 0.3) is 11.5 Å². The Morgan fingerprint density at radius 2 is 1.90 bits per heavy atom. The third kappa shape index (κ3) is 3.77. The Kier molecular flexibility index (Phi) is 5.26. The lowest BCUT2D eigenvalue weighted by Gasteiger charge is -2.09. The molecular weight excluding hydrogens is 380 g/mol. The predicted octanol–water partition coefficient (Wildman–Crippen LogP) is 2.93. The number of aryl methyl sites for hydroxylation is 1. The van der Waals surface area contributed by atoms with Crippen LogP contribution in [0.3, 0.4) is 0 Å². The maximum absolute atomic E-state index is 12.7. The number of hydrogen-bond acceptors (Lipinski definition) is 5. The molecule has 0 bridgehead atoms. The van der Waals surface area contributed by atoms with Crippen molar-refractivity contribution >= 4 is 17.1 Å². The lowest BCUT2D eigenvalue weighted by Crippen LogP contribution is -2.23. The number of hydrogen-bond donors (Lipinski definition) is 1. The van der Waals surface area contributed by atoms with Crippen molar-refractivity contribution in [1.82, 2.24) is 19.9 Å². The van der Waals surface area contributed by atoms with Gasteiger partial charge in [-0.15, -0.1) is 0 Å². The maximum Gasteiger partial charge on any atom is 0.278 e. The fourth-order valence-electron chi connectivity index (χ4n) is 3.19. The molecule has 7 heteroatoms. The fourth-order valence-corrected chi connectivity index (χ4v) is 3.19. The van der Waals surface area contributed by atoms with Crippen LogP contribution in [0, 0.1) is 0 Å². The van der Waals surface area contributed by atoms with E-state index in [-0.39, 0.29) is 11.5 Å². The molecule has 0 spiro atoms. The Morgan fingerprint density at radius 3 is 2.67 bits per heavy atom. The van der Waals surface area contributed by atoms with Crippen molar-refractivity contribution in [3.8, 4) is 17.0 Å². The Hall–Kier alpha value is -4.00. The SMILES string of the molecule is COc1cccc(CNC(=O)c2ccc(-c3nc4cccnc4n(C)c3=O)cc2)c1. The molecule has 2 aromatic carbocycles. The Morgan fingerprint density at radius 1 is 1.10 bits per heavy atom. The second-order valence-corrected chi connectivity index (χ2v) is 6.78. The molecule has 2 aromatic heterocycles. The minimum Gasteiger partial charge on any atom is -0.497 e. The molecule has 2 heterocycles. The van der Waals surface area contributed by atoms with Crippen molar-refractivity contribution in [2.45, 2.75) is 6.54 Å². The smallest absolute Gasteiger partial charge is 0.278 e. The number of rotatable bonds is 5. The second kappa shape index (κ2) is 8.16. The Bertz CT molecular complexity index is 1280. The molecule has 0 saturated heterocycles. The van der Waals surface area contributed by atoms with Gasteiger partial charge in [0.15, 0.2) is 5.65 Å². The van der Waals surface area contributed by atoms with Crippen LogP contribution in [0.5, 0.6) is 5.75 Å². The number of ether oxygens (including phenoxy) is 1. The van der Waals surface area contributed by atoms with Gasteiger partial charge in [-0.25, -0.2) is 9.97 Å². The van der Waals surface area contributed by atoms with Crippen LogP contribution in [0.15, 0.2) is 71.7 Å². The van der Waals surface area contributed by atoms with E-state index < -0.39 is 0 Å². The quantitative estimate of drug-likeness (QED) is 0.557. The number of aromatic nitrogens is 3. The van der Waals surface area contributed by atoms with E-state index in [1.165, 1.54) is 4.57 Å². The van der Waals surface area contributed by atoms with Crippen LogP contribution >= 0.6 is 0 Å². The van der Waals surface area contributed by atoms with Crippen molar-refractivity contribution in [3.05, 3.63) is 88.3 Å². The van der Waals surface area contributed by atoms with Crippen LogP contribution in [0.1, 0.15) is 15.9 Å². The van der Waals surface area contributed by atoms with E-state index >= 15 is 0 Å². The van der Waals surface area contributed by atoms with Crippen molar-refractivity contribution in [3.63, 3.8) is 0 Å². The molecule has 4 aromatic rings. The number of nitrogens with one attached hydrogen (secondary N) is 1. The fraction of sp³-hybridized carbons (Fsp3) is 0.130. The third-order valence-electron chi connectivity index (χ3n) is 4.83. The molecule has 0 aliphatic carbocycles. The molecule has 150 valence electrons. The Labute approximate surface area is 173 Å². The third-order valence-corrected chi connectivity index (χ3v) is 4.83. The van der Waals surface area contributed by atoms with E-state index in [0.717, 1.165) is 11.3 Å². The summed E-state index contributed by atoms with van der Waals surface area (Å²) < 4.78 is 6.68. The molecule has 1 N–H and O–H groups in total. The largest absolute Gasteiger partial charge is 0.497 e. The molecule has 0 saturated carbocycles. The van der Waals surface area contributed by atoms with Crippen LogP contribution in [0.4, 0.5) is 0 Å². The number of amides is 1. The number of carbonyl (C=O) groups is 1. The van der Waals surface area contributed by atoms with Gasteiger partial charge in [-0.2, -0.15) is 0 Å². The normalized spacial score (nSPS) is 10.7. The van der Waals surface area contributed by atoms with Crippen LogP contribution in [0.25, 0.3) is 22.4 Å². The molecule has 1 amide bonds. The van der Waals surface area contributed by atoms with E-state index in [4.69, 9.17) is 4.74 Å². The summed E-state index contributed by atoms with van der Waals surface area (Å²) in [7, 11) is 3.27. The summed E-state index contributed by atoms with van der Waals surface area (Å²) in [6.45, 7) is 0.386. The summed E-state index contributed by atoms with van der Waals surface area (Å²) in [5.74, 6) is 0.540. The first kappa shape index (κ1) is 19.3.